The first-order valence-corrected chi connectivity index (χ1v) is 13.5. The standard InChI is InChI=1S/C28H25FN4O3S/c1-36-22-6-4-5-18(14-22)26-15-27(33-16-19-13-20(17-33)25-8-3-2-7-24(19)25)31-28(30-26)32-37(34,35)23-11-9-21(29)10-12-23/h2-12,14-15,19-20H,13,16-17H2,1H3,(H,30,31,32). The molecular formula is C28H25FN4O3S. The molecule has 3 aromatic carbocycles. The first-order valence-electron chi connectivity index (χ1n) is 12.1. The number of anilines is 2. The van der Waals surface area contributed by atoms with E-state index in [1.54, 1.807) is 7.11 Å². The summed E-state index contributed by atoms with van der Waals surface area (Å²) in [5.74, 6) is 1.53. The van der Waals surface area contributed by atoms with Crippen LogP contribution in [0.15, 0.2) is 83.8 Å². The third-order valence-electron chi connectivity index (χ3n) is 7.08. The van der Waals surface area contributed by atoms with Gasteiger partial charge in [-0.05, 0) is 53.9 Å². The number of benzene rings is 3. The van der Waals surface area contributed by atoms with Gasteiger partial charge in [0.15, 0.2) is 0 Å². The Kier molecular flexibility index (Phi) is 5.79. The predicted molar refractivity (Wildman–Crippen MR) is 140 cm³/mol. The number of nitrogens with zero attached hydrogens (tertiary/aromatic N) is 3. The Morgan fingerprint density at radius 2 is 1.62 bits per heavy atom. The van der Waals surface area contributed by atoms with Gasteiger partial charge in [0.25, 0.3) is 10.0 Å². The summed E-state index contributed by atoms with van der Waals surface area (Å²) in [6.45, 7) is 1.57. The minimum absolute atomic E-state index is 0.0462. The van der Waals surface area contributed by atoms with Gasteiger partial charge in [0, 0.05) is 36.6 Å². The number of rotatable bonds is 6. The third kappa shape index (κ3) is 4.51. The van der Waals surface area contributed by atoms with Gasteiger partial charge in [0.05, 0.1) is 17.7 Å². The lowest BCUT2D eigenvalue weighted by molar-refractivity contribution is 0.415. The van der Waals surface area contributed by atoms with Gasteiger partial charge in [0.1, 0.15) is 17.4 Å². The first-order chi connectivity index (χ1) is 17.9. The number of sulfonamides is 1. The van der Waals surface area contributed by atoms with Crippen molar-refractivity contribution in [3.63, 3.8) is 0 Å². The number of ether oxygens (including phenoxy) is 1. The Bertz CT molecular complexity index is 1550. The molecule has 37 heavy (non-hydrogen) atoms. The van der Waals surface area contributed by atoms with Crippen molar-refractivity contribution in [2.45, 2.75) is 23.2 Å². The van der Waals surface area contributed by atoms with Crippen LogP contribution in [-0.4, -0.2) is 38.6 Å². The fraction of sp³-hybridized carbons (Fsp3) is 0.214. The van der Waals surface area contributed by atoms with Gasteiger partial charge in [-0.3, -0.25) is 0 Å². The van der Waals surface area contributed by atoms with Crippen LogP contribution in [0.1, 0.15) is 29.4 Å². The lowest BCUT2D eigenvalue weighted by Crippen LogP contribution is -2.35. The molecule has 0 amide bonds. The maximum Gasteiger partial charge on any atom is 0.264 e. The largest absolute Gasteiger partial charge is 0.497 e. The van der Waals surface area contributed by atoms with Crippen molar-refractivity contribution in [1.82, 2.24) is 9.97 Å². The Morgan fingerprint density at radius 1 is 0.919 bits per heavy atom. The second kappa shape index (κ2) is 9.15. The molecule has 2 bridgehead atoms. The molecule has 2 aliphatic rings. The molecule has 1 N–H and O–H groups in total. The summed E-state index contributed by atoms with van der Waals surface area (Å²) in [4.78, 5) is 11.3. The van der Waals surface area contributed by atoms with Gasteiger partial charge < -0.3 is 9.64 Å². The van der Waals surface area contributed by atoms with Crippen LogP contribution in [0.4, 0.5) is 16.2 Å². The maximum atomic E-state index is 13.4. The van der Waals surface area contributed by atoms with Gasteiger partial charge in [0.2, 0.25) is 5.95 Å². The van der Waals surface area contributed by atoms with Gasteiger partial charge in [-0.2, -0.15) is 4.98 Å². The van der Waals surface area contributed by atoms with E-state index >= 15 is 0 Å². The SMILES string of the molecule is COc1cccc(-c2cc(N3CC4CC(C3)c3ccccc34)nc(NS(=O)(=O)c3ccc(F)cc3)n2)c1. The van der Waals surface area contributed by atoms with Crippen LogP contribution in [0.2, 0.25) is 0 Å². The van der Waals surface area contributed by atoms with Crippen LogP contribution in [0.3, 0.4) is 0 Å². The second-order valence-electron chi connectivity index (χ2n) is 9.39. The number of nitrogens with one attached hydrogen (secondary N) is 1. The summed E-state index contributed by atoms with van der Waals surface area (Å²) < 4.78 is 47.4. The molecule has 1 aromatic heterocycles. The molecule has 2 heterocycles. The lowest BCUT2D eigenvalue weighted by Gasteiger charge is -2.33. The van der Waals surface area contributed by atoms with E-state index < -0.39 is 15.8 Å². The highest BCUT2D eigenvalue weighted by Gasteiger charge is 2.38. The number of piperidine rings is 1. The van der Waals surface area contributed by atoms with Crippen LogP contribution in [-0.2, 0) is 10.0 Å². The predicted octanol–water partition coefficient (Wildman–Crippen LogP) is 5.18. The molecule has 1 aliphatic heterocycles. The fourth-order valence-corrected chi connectivity index (χ4v) is 6.30. The Balaban J connectivity index is 1.39. The summed E-state index contributed by atoms with van der Waals surface area (Å²) in [6, 6.07) is 22.5. The van der Waals surface area contributed by atoms with E-state index in [0.717, 1.165) is 37.2 Å². The zero-order valence-electron chi connectivity index (χ0n) is 20.1. The molecular weight excluding hydrogens is 491 g/mol. The van der Waals surface area contributed by atoms with E-state index in [-0.39, 0.29) is 10.8 Å². The summed E-state index contributed by atoms with van der Waals surface area (Å²) in [7, 11) is -2.44. The Labute approximate surface area is 215 Å². The quantitative estimate of drug-likeness (QED) is 0.380. The van der Waals surface area contributed by atoms with Crippen LogP contribution in [0, 0.1) is 5.82 Å². The number of aromatic nitrogens is 2. The van der Waals surface area contributed by atoms with Crippen molar-refractivity contribution in [2.75, 3.05) is 29.8 Å². The lowest BCUT2D eigenvalue weighted by atomic mass is 9.96. The van der Waals surface area contributed by atoms with E-state index in [2.05, 4.69) is 43.9 Å². The average Bonchev–Trinajstić information content (AvgIpc) is 3.17. The molecule has 9 heteroatoms. The highest BCUT2D eigenvalue weighted by Crippen LogP contribution is 2.46. The van der Waals surface area contributed by atoms with Crippen LogP contribution < -0.4 is 14.4 Å². The van der Waals surface area contributed by atoms with Crippen LogP contribution in [0.25, 0.3) is 11.3 Å². The smallest absolute Gasteiger partial charge is 0.264 e. The molecule has 0 saturated carbocycles. The van der Waals surface area contributed by atoms with Gasteiger partial charge in [-0.1, -0.05) is 36.4 Å². The molecule has 2 atom stereocenters. The zero-order valence-corrected chi connectivity index (χ0v) is 21.0. The summed E-state index contributed by atoms with van der Waals surface area (Å²) in [5, 5.41) is 0. The minimum atomic E-state index is -4.03. The van der Waals surface area contributed by atoms with E-state index in [1.807, 2.05) is 30.3 Å². The van der Waals surface area contributed by atoms with Crippen LogP contribution in [0.5, 0.6) is 5.75 Å². The number of hydrogen-bond donors (Lipinski definition) is 1. The zero-order chi connectivity index (χ0) is 25.6. The van der Waals surface area contributed by atoms with E-state index in [0.29, 0.717) is 29.1 Å². The van der Waals surface area contributed by atoms with Gasteiger partial charge >= 0.3 is 0 Å². The monoisotopic (exact) mass is 516 g/mol. The van der Waals surface area contributed by atoms with E-state index in [9.17, 15) is 12.8 Å². The molecule has 188 valence electrons. The average molecular weight is 517 g/mol. The molecule has 2 unspecified atom stereocenters. The number of hydrogen-bond acceptors (Lipinski definition) is 6. The highest BCUT2D eigenvalue weighted by atomic mass is 32.2. The Hall–Kier alpha value is -3.98. The number of halogens is 1. The summed E-state index contributed by atoms with van der Waals surface area (Å²) in [5.41, 5.74) is 4.10. The van der Waals surface area contributed by atoms with Crippen molar-refractivity contribution in [2.24, 2.45) is 0 Å². The topological polar surface area (TPSA) is 84.4 Å². The fourth-order valence-electron chi connectivity index (χ4n) is 5.36. The van der Waals surface area contributed by atoms with Gasteiger partial charge in [-0.15, -0.1) is 0 Å². The van der Waals surface area contributed by atoms with Crippen LogP contribution >= 0.6 is 0 Å². The maximum absolute atomic E-state index is 13.4. The second-order valence-corrected chi connectivity index (χ2v) is 11.1. The molecule has 1 saturated heterocycles. The highest BCUT2D eigenvalue weighted by molar-refractivity contribution is 7.92. The molecule has 4 aromatic rings. The molecule has 0 radical (unpaired) electrons. The van der Waals surface area contributed by atoms with Crippen molar-refractivity contribution in [3.05, 3.63) is 95.8 Å². The summed E-state index contributed by atoms with van der Waals surface area (Å²) in [6.07, 6.45) is 1.10. The van der Waals surface area contributed by atoms with Crippen molar-refractivity contribution in [3.8, 4) is 17.0 Å². The van der Waals surface area contributed by atoms with E-state index in [4.69, 9.17) is 4.74 Å². The van der Waals surface area contributed by atoms with E-state index in [1.165, 1.54) is 23.3 Å². The number of fused-ring (bicyclic) bond motifs is 5. The normalized spacial score (nSPS) is 18.4. The number of methoxy groups -OCH3 is 1. The molecule has 6 rings (SSSR count). The van der Waals surface area contributed by atoms with Crippen molar-refractivity contribution >= 4 is 21.8 Å². The molecule has 1 fully saturated rings. The van der Waals surface area contributed by atoms with Crippen molar-refractivity contribution < 1.29 is 17.5 Å². The third-order valence-corrected chi connectivity index (χ3v) is 8.42. The molecule has 0 spiro atoms. The molecule has 7 nitrogen and oxygen atoms in total. The van der Waals surface area contributed by atoms with Crippen molar-refractivity contribution in [1.29, 1.82) is 0 Å². The summed E-state index contributed by atoms with van der Waals surface area (Å²) >= 11 is 0. The molecule has 1 aliphatic carbocycles. The Morgan fingerprint density at radius 3 is 2.30 bits per heavy atom. The van der Waals surface area contributed by atoms with Gasteiger partial charge in [-0.25, -0.2) is 22.5 Å². The first kappa shape index (κ1) is 23.4. The minimum Gasteiger partial charge on any atom is -0.497 e.